The number of ether oxygens (including phenoxy) is 1. The third-order valence-electron chi connectivity index (χ3n) is 4.63. The molecule has 3 unspecified atom stereocenters. The second kappa shape index (κ2) is 7.23. The van der Waals surface area contributed by atoms with Gasteiger partial charge in [-0.3, -0.25) is 0 Å². The van der Waals surface area contributed by atoms with Crippen LogP contribution in [0.3, 0.4) is 0 Å². The molecule has 0 amide bonds. The lowest BCUT2D eigenvalue weighted by atomic mass is 9.77. The van der Waals surface area contributed by atoms with Crippen LogP contribution in [0.5, 0.6) is 0 Å². The Morgan fingerprint density at radius 1 is 1.35 bits per heavy atom. The highest BCUT2D eigenvalue weighted by molar-refractivity contribution is 7.91. The maximum absolute atomic E-state index is 11.8. The van der Waals surface area contributed by atoms with Crippen LogP contribution in [-0.2, 0) is 14.6 Å². The largest absolute Gasteiger partial charge is 0.377 e. The van der Waals surface area contributed by atoms with Crippen molar-refractivity contribution in [1.82, 2.24) is 5.32 Å². The molecule has 0 aromatic carbocycles. The quantitative estimate of drug-likeness (QED) is 0.784. The van der Waals surface area contributed by atoms with E-state index in [4.69, 9.17) is 4.74 Å². The van der Waals surface area contributed by atoms with Crippen LogP contribution in [-0.4, -0.2) is 45.2 Å². The monoisotopic (exact) mass is 305 g/mol. The number of nitrogens with one attached hydrogen (secondary N) is 1. The summed E-state index contributed by atoms with van der Waals surface area (Å²) in [6.07, 6.45) is 6.08. The molecule has 0 aromatic rings. The lowest BCUT2D eigenvalue weighted by Gasteiger charge is -2.42. The fourth-order valence-electron chi connectivity index (χ4n) is 3.28. The number of methoxy groups -OCH3 is 1. The molecule has 1 saturated carbocycles. The van der Waals surface area contributed by atoms with Crippen LogP contribution in [0.25, 0.3) is 0 Å². The topological polar surface area (TPSA) is 55.4 Å². The van der Waals surface area contributed by atoms with Crippen LogP contribution in [0.1, 0.15) is 52.9 Å². The van der Waals surface area contributed by atoms with Crippen molar-refractivity contribution in [2.75, 3.05) is 19.9 Å². The molecule has 4 nitrogen and oxygen atoms in total. The number of hydrogen-bond donors (Lipinski definition) is 1. The Hall–Kier alpha value is -0.130. The molecular formula is C15H31NO3S. The second-order valence-corrected chi connectivity index (χ2v) is 8.94. The van der Waals surface area contributed by atoms with Gasteiger partial charge in [-0.15, -0.1) is 0 Å². The first-order valence-electron chi connectivity index (χ1n) is 7.69. The highest BCUT2D eigenvalue weighted by atomic mass is 32.2. The summed E-state index contributed by atoms with van der Waals surface area (Å²) in [5.74, 6) is 0.366. The Morgan fingerprint density at radius 2 is 2.00 bits per heavy atom. The molecule has 3 atom stereocenters. The molecular weight excluding hydrogens is 274 g/mol. The van der Waals surface area contributed by atoms with E-state index in [-0.39, 0.29) is 16.9 Å². The highest BCUT2D eigenvalue weighted by Crippen LogP contribution is 2.35. The molecule has 1 aliphatic rings. The number of hydrogen-bond acceptors (Lipinski definition) is 4. The lowest BCUT2D eigenvalue weighted by Crippen LogP contribution is -2.54. The van der Waals surface area contributed by atoms with Crippen LogP contribution >= 0.6 is 0 Å². The van der Waals surface area contributed by atoms with Gasteiger partial charge in [0.05, 0.1) is 10.9 Å². The maximum Gasteiger partial charge on any atom is 0.150 e. The van der Waals surface area contributed by atoms with Gasteiger partial charge in [0.25, 0.3) is 0 Å². The molecule has 0 aromatic heterocycles. The minimum Gasteiger partial charge on any atom is -0.377 e. The van der Waals surface area contributed by atoms with E-state index >= 15 is 0 Å². The van der Waals surface area contributed by atoms with Crippen molar-refractivity contribution >= 4 is 9.84 Å². The Kier molecular flexibility index (Phi) is 6.48. The second-order valence-electron chi connectivity index (χ2n) is 6.62. The van der Waals surface area contributed by atoms with Gasteiger partial charge >= 0.3 is 0 Å². The Morgan fingerprint density at radius 3 is 2.50 bits per heavy atom. The van der Waals surface area contributed by atoms with E-state index in [9.17, 15) is 8.42 Å². The van der Waals surface area contributed by atoms with Crippen LogP contribution < -0.4 is 5.32 Å². The standard InChI is InChI=1S/C15H31NO3S/c1-6-10-16-14(15(2,3)19-4)12-8-7-9-13(11-12)20(5,17)18/h12-14,16H,6-11H2,1-5H3. The lowest BCUT2D eigenvalue weighted by molar-refractivity contribution is -0.0326. The summed E-state index contributed by atoms with van der Waals surface area (Å²) in [7, 11) is -1.20. The molecule has 1 aliphatic carbocycles. The maximum atomic E-state index is 11.8. The van der Waals surface area contributed by atoms with Gasteiger partial charge in [0, 0.05) is 19.4 Å². The molecule has 0 bridgehead atoms. The van der Waals surface area contributed by atoms with Crippen molar-refractivity contribution in [2.45, 2.75) is 69.8 Å². The van der Waals surface area contributed by atoms with Crippen molar-refractivity contribution in [2.24, 2.45) is 5.92 Å². The van der Waals surface area contributed by atoms with Crippen LogP contribution in [0.4, 0.5) is 0 Å². The Balaban J connectivity index is 2.85. The molecule has 1 fully saturated rings. The van der Waals surface area contributed by atoms with Gasteiger partial charge < -0.3 is 10.1 Å². The van der Waals surface area contributed by atoms with Gasteiger partial charge in [-0.2, -0.15) is 0 Å². The van der Waals surface area contributed by atoms with Crippen molar-refractivity contribution in [1.29, 1.82) is 0 Å². The minimum atomic E-state index is -2.93. The predicted molar refractivity (Wildman–Crippen MR) is 83.8 cm³/mol. The average Bonchev–Trinajstić information content (AvgIpc) is 2.38. The van der Waals surface area contributed by atoms with Crippen molar-refractivity contribution in [3.8, 4) is 0 Å². The Bertz CT molecular complexity index is 392. The fourth-order valence-corrected chi connectivity index (χ4v) is 4.47. The smallest absolute Gasteiger partial charge is 0.150 e. The average molecular weight is 305 g/mol. The van der Waals surface area contributed by atoms with E-state index < -0.39 is 9.84 Å². The Labute approximate surface area is 124 Å². The van der Waals surface area contributed by atoms with Gasteiger partial charge in [-0.1, -0.05) is 13.3 Å². The summed E-state index contributed by atoms with van der Waals surface area (Å²) in [5, 5.41) is 3.40. The highest BCUT2D eigenvalue weighted by Gasteiger charge is 2.39. The molecule has 0 aliphatic heterocycles. The zero-order chi connectivity index (χ0) is 15.4. The van der Waals surface area contributed by atoms with Crippen LogP contribution in [0.2, 0.25) is 0 Å². The molecule has 0 radical (unpaired) electrons. The van der Waals surface area contributed by atoms with Crippen molar-refractivity contribution < 1.29 is 13.2 Å². The summed E-state index contributed by atoms with van der Waals surface area (Å²) >= 11 is 0. The zero-order valence-corrected chi connectivity index (χ0v) is 14.4. The van der Waals surface area contributed by atoms with E-state index in [1.165, 1.54) is 6.26 Å². The number of sulfone groups is 1. The van der Waals surface area contributed by atoms with E-state index in [1.807, 2.05) is 0 Å². The molecule has 0 heterocycles. The molecule has 5 heteroatoms. The summed E-state index contributed by atoms with van der Waals surface area (Å²) in [6, 6.07) is 0.206. The first-order valence-corrected chi connectivity index (χ1v) is 9.65. The molecule has 1 rings (SSSR count). The van der Waals surface area contributed by atoms with Crippen LogP contribution in [0.15, 0.2) is 0 Å². The number of rotatable bonds is 7. The molecule has 0 saturated heterocycles. The molecule has 20 heavy (non-hydrogen) atoms. The SMILES string of the molecule is CCCNC(C1CCCC(S(C)(=O)=O)C1)C(C)(C)OC. The zero-order valence-electron chi connectivity index (χ0n) is 13.6. The molecule has 0 spiro atoms. The van der Waals surface area contributed by atoms with Crippen molar-refractivity contribution in [3.63, 3.8) is 0 Å². The summed E-state index contributed by atoms with van der Waals surface area (Å²) in [4.78, 5) is 0. The normalized spacial score (nSPS) is 26.4. The van der Waals surface area contributed by atoms with Crippen molar-refractivity contribution in [3.05, 3.63) is 0 Å². The van der Waals surface area contributed by atoms with Crippen LogP contribution in [0, 0.1) is 5.92 Å². The van der Waals surface area contributed by atoms with Gasteiger partial charge in [-0.25, -0.2) is 8.42 Å². The third kappa shape index (κ3) is 4.71. The first kappa shape index (κ1) is 17.9. The van der Waals surface area contributed by atoms with Gasteiger partial charge in [0.1, 0.15) is 9.84 Å². The molecule has 120 valence electrons. The van der Waals surface area contributed by atoms with E-state index in [0.717, 1.165) is 38.6 Å². The minimum absolute atomic E-state index is 0.181. The fraction of sp³-hybridized carbons (Fsp3) is 1.00. The van der Waals surface area contributed by atoms with E-state index in [0.29, 0.717) is 5.92 Å². The van der Waals surface area contributed by atoms with E-state index in [2.05, 4.69) is 26.1 Å². The van der Waals surface area contributed by atoms with Gasteiger partial charge in [0.2, 0.25) is 0 Å². The van der Waals surface area contributed by atoms with E-state index in [1.54, 1.807) is 7.11 Å². The summed E-state index contributed by atoms with van der Waals surface area (Å²) < 4.78 is 29.3. The first-order chi connectivity index (χ1) is 9.22. The molecule has 1 N–H and O–H groups in total. The third-order valence-corrected chi connectivity index (χ3v) is 6.27. The summed E-state index contributed by atoms with van der Waals surface area (Å²) in [6.45, 7) is 7.26. The summed E-state index contributed by atoms with van der Waals surface area (Å²) in [5.41, 5.74) is -0.279. The van der Waals surface area contributed by atoms with Gasteiger partial charge in [-0.05, 0) is 52.0 Å². The van der Waals surface area contributed by atoms with Gasteiger partial charge in [0.15, 0.2) is 0 Å². The predicted octanol–water partition coefficient (Wildman–Crippen LogP) is 2.38.